The van der Waals surface area contributed by atoms with E-state index in [1.54, 1.807) is 12.1 Å². The van der Waals surface area contributed by atoms with E-state index in [4.69, 9.17) is 0 Å². The van der Waals surface area contributed by atoms with Crippen LogP contribution in [0.5, 0.6) is 0 Å². The number of benzene rings is 1. The Morgan fingerprint density at radius 3 is 2.78 bits per heavy atom. The van der Waals surface area contributed by atoms with Crippen LogP contribution in [0.3, 0.4) is 0 Å². The fourth-order valence-electron chi connectivity index (χ4n) is 1.61. The molecular formula is C12H14N4O2. The SMILES string of the molecule is CCNC(=O)NC1=NN(c2ccccc2)C(=O)C1. The van der Waals surface area contributed by atoms with Crippen LogP contribution in [0.1, 0.15) is 13.3 Å². The average Bonchev–Trinajstić information content (AvgIpc) is 2.71. The molecule has 0 fully saturated rings. The molecule has 0 aromatic heterocycles. The molecule has 0 radical (unpaired) electrons. The van der Waals surface area contributed by atoms with Crippen LogP contribution in [0.2, 0.25) is 0 Å². The lowest BCUT2D eigenvalue weighted by Crippen LogP contribution is -2.38. The van der Waals surface area contributed by atoms with Crippen LogP contribution < -0.4 is 15.6 Å². The van der Waals surface area contributed by atoms with Gasteiger partial charge in [0, 0.05) is 6.54 Å². The second kappa shape index (κ2) is 5.31. The molecule has 0 unspecified atom stereocenters. The minimum absolute atomic E-state index is 0.103. The number of urea groups is 1. The predicted octanol–water partition coefficient (Wildman–Crippen LogP) is 1.06. The van der Waals surface area contributed by atoms with Crippen molar-refractivity contribution in [2.75, 3.05) is 11.6 Å². The molecule has 18 heavy (non-hydrogen) atoms. The Balaban J connectivity index is 2.08. The topological polar surface area (TPSA) is 73.8 Å². The van der Waals surface area contributed by atoms with Gasteiger partial charge >= 0.3 is 6.03 Å². The van der Waals surface area contributed by atoms with Gasteiger partial charge in [0.2, 0.25) is 0 Å². The Kier molecular flexibility index (Phi) is 3.57. The molecule has 1 aromatic carbocycles. The number of carbonyl (C=O) groups excluding carboxylic acids is 2. The summed E-state index contributed by atoms with van der Waals surface area (Å²) in [5.74, 6) is 0.197. The normalized spacial score (nSPS) is 14.4. The monoisotopic (exact) mass is 246 g/mol. The molecule has 0 saturated carbocycles. The third-order valence-corrected chi connectivity index (χ3v) is 2.37. The van der Waals surface area contributed by atoms with E-state index in [0.29, 0.717) is 18.1 Å². The van der Waals surface area contributed by atoms with Gasteiger partial charge in [-0.2, -0.15) is 10.1 Å². The Labute approximate surface area is 105 Å². The number of amidine groups is 1. The van der Waals surface area contributed by atoms with Crippen molar-refractivity contribution >= 4 is 23.5 Å². The van der Waals surface area contributed by atoms with E-state index in [1.165, 1.54) is 5.01 Å². The number of hydrogen-bond donors (Lipinski definition) is 2. The van der Waals surface area contributed by atoms with Gasteiger partial charge in [-0.15, -0.1) is 0 Å². The van der Waals surface area contributed by atoms with E-state index in [0.717, 1.165) is 0 Å². The lowest BCUT2D eigenvalue weighted by molar-refractivity contribution is -0.116. The third kappa shape index (κ3) is 2.65. The minimum atomic E-state index is -0.348. The molecule has 6 nitrogen and oxygen atoms in total. The van der Waals surface area contributed by atoms with Crippen LogP contribution in [-0.4, -0.2) is 24.3 Å². The zero-order valence-electron chi connectivity index (χ0n) is 10.0. The number of nitrogens with zero attached hydrogens (tertiary/aromatic N) is 2. The lowest BCUT2D eigenvalue weighted by atomic mass is 10.3. The highest BCUT2D eigenvalue weighted by Gasteiger charge is 2.25. The molecular weight excluding hydrogens is 232 g/mol. The van der Waals surface area contributed by atoms with E-state index in [9.17, 15) is 9.59 Å². The van der Waals surface area contributed by atoms with Gasteiger partial charge in [0.1, 0.15) is 5.84 Å². The minimum Gasteiger partial charge on any atom is -0.338 e. The van der Waals surface area contributed by atoms with E-state index in [2.05, 4.69) is 15.7 Å². The lowest BCUT2D eigenvalue weighted by Gasteiger charge is -2.10. The molecule has 0 aliphatic carbocycles. The number of rotatable bonds is 2. The zero-order chi connectivity index (χ0) is 13.0. The quantitative estimate of drug-likeness (QED) is 0.818. The third-order valence-electron chi connectivity index (χ3n) is 2.37. The van der Waals surface area contributed by atoms with E-state index < -0.39 is 0 Å². The fourth-order valence-corrected chi connectivity index (χ4v) is 1.61. The summed E-state index contributed by atoms with van der Waals surface area (Å²) in [5, 5.41) is 10.5. The number of carbonyl (C=O) groups is 2. The van der Waals surface area contributed by atoms with Crippen LogP contribution in [0.25, 0.3) is 0 Å². The van der Waals surface area contributed by atoms with Gasteiger partial charge in [0.25, 0.3) is 5.91 Å². The average molecular weight is 246 g/mol. The van der Waals surface area contributed by atoms with Gasteiger partial charge in [0.15, 0.2) is 0 Å². The van der Waals surface area contributed by atoms with E-state index in [-0.39, 0.29) is 18.4 Å². The molecule has 2 N–H and O–H groups in total. The van der Waals surface area contributed by atoms with Gasteiger partial charge < -0.3 is 5.32 Å². The number of amides is 3. The Morgan fingerprint density at radius 2 is 2.11 bits per heavy atom. The van der Waals surface area contributed by atoms with Gasteiger partial charge in [-0.1, -0.05) is 18.2 Å². The summed E-state index contributed by atoms with van der Waals surface area (Å²) < 4.78 is 0. The highest BCUT2D eigenvalue weighted by atomic mass is 16.2. The molecule has 1 aliphatic heterocycles. The smallest absolute Gasteiger partial charge is 0.320 e. The number of nitrogens with one attached hydrogen (secondary N) is 2. The van der Waals surface area contributed by atoms with E-state index >= 15 is 0 Å². The largest absolute Gasteiger partial charge is 0.338 e. The molecule has 0 saturated heterocycles. The summed E-state index contributed by atoms with van der Waals surface area (Å²) >= 11 is 0. The number of hydrazone groups is 1. The van der Waals surface area contributed by atoms with Crippen molar-refractivity contribution in [2.45, 2.75) is 13.3 Å². The van der Waals surface area contributed by atoms with Gasteiger partial charge in [0.05, 0.1) is 12.1 Å². The molecule has 1 aliphatic rings. The maximum absolute atomic E-state index is 11.8. The first-order valence-corrected chi connectivity index (χ1v) is 5.71. The van der Waals surface area contributed by atoms with Crippen molar-refractivity contribution in [1.82, 2.24) is 10.6 Å². The first-order valence-electron chi connectivity index (χ1n) is 5.71. The maximum atomic E-state index is 11.8. The number of anilines is 1. The first-order chi connectivity index (χ1) is 8.70. The molecule has 1 aromatic rings. The Hall–Kier alpha value is -2.37. The molecule has 1 heterocycles. The number of para-hydroxylation sites is 1. The Morgan fingerprint density at radius 1 is 1.39 bits per heavy atom. The summed E-state index contributed by atoms with van der Waals surface area (Å²) in [5.41, 5.74) is 0.690. The van der Waals surface area contributed by atoms with Crippen molar-refractivity contribution in [1.29, 1.82) is 0 Å². The summed E-state index contributed by atoms with van der Waals surface area (Å²) in [7, 11) is 0. The molecule has 94 valence electrons. The Bertz CT molecular complexity index is 484. The first kappa shape index (κ1) is 12.1. The van der Waals surface area contributed by atoms with E-state index in [1.807, 2.05) is 25.1 Å². The van der Waals surface area contributed by atoms with Crippen molar-refractivity contribution in [3.63, 3.8) is 0 Å². The van der Waals surface area contributed by atoms with Crippen molar-refractivity contribution in [3.05, 3.63) is 30.3 Å². The number of hydrogen-bond acceptors (Lipinski definition) is 3. The summed E-state index contributed by atoms with van der Waals surface area (Å²) in [6.45, 7) is 2.34. The predicted molar refractivity (Wildman–Crippen MR) is 68.2 cm³/mol. The molecule has 3 amide bonds. The molecule has 0 spiro atoms. The molecule has 0 bridgehead atoms. The van der Waals surface area contributed by atoms with Crippen LogP contribution in [0.4, 0.5) is 10.5 Å². The standard InChI is InChI=1S/C12H14N4O2/c1-2-13-12(18)14-10-8-11(17)16(15-10)9-6-4-3-5-7-9/h3-7H,2,8H2,1H3,(H2,13,14,15,18). The maximum Gasteiger partial charge on any atom is 0.320 e. The van der Waals surface area contributed by atoms with Crippen LogP contribution in [-0.2, 0) is 4.79 Å². The summed E-state index contributed by atoms with van der Waals surface area (Å²) in [6, 6.07) is 8.74. The van der Waals surface area contributed by atoms with Crippen molar-refractivity contribution < 1.29 is 9.59 Å². The highest BCUT2D eigenvalue weighted by molar-refractivity contribution is 6.15. The van der Waals surface area contributed by atoms with Crippen LogP contribution in [0, 0.1) is 0 Å². The van der Waals surface area contributed by atoms with Gasteiger partial charge in [-0.05, 0) is 19.1 Å². The molecule has 2 rings (SSSR count). The summed E-state index contributed by atoms with van der Waals surface area (Å²) in [6.07, 6.45) is 0.103. The van der Waals surface area contributed by atoms with Crippen LogP contribution >= 0.6 is 0 Å². The highest BCUT2D eigenvalue weighted by Crippen LogP contribution is 2.18. The molecule has 6 heteroatoms. The van der Waals surface area contributed by atoms with Crippen molar-refractivity contribution in [2.24, 2.45) is 5.10 Å². The zero-order valence-corrected chi connectivity index (χ0v) is 10.0. The summed E-state index contributed by atoms with van der Waals surface area (Å²) in [4.78, 5) is 23.1. The van der Waals surface area contributed by atoms with Gasteiger partial charge in [-0.25, -0.2) is 4.79 Å². The van der Waals surface area contributed by atoms with Crippen LogP contribution in [0.15, 0.2) is 35.4 Å². The second-order valence-corrected chi connectivity index (χ2v) is 3.75. The fraction of sp³-hybridized carbons (Fsp3) is 0.250. The van der Waals surface area contributed by atoms with Gasteiger partial charge in [-0.3, -0.25) is 10.1 Å². The molecule has 0 atom stereocenters. The second-order valence-electron chi connectivity index (χ2n) is 3.75. The van der Waals surface area contributed by atoms with Crippen molar-refractivity contribution in [3.8, 4) is 0 Å².